The molecule has 1 aromatic carbocycles. The first kappa shape index (κ1) is 23.0. The van der Waals surface area contributed by atoms with Crippen molar-refractivity contribution in [2.45, 2.75) is 26.3 Å². The fourth-order valence-electron chi connectivity index (χ4n) is 4.42. The fraction of sp³-hybridized carbons (Fsp3) is 0.320. The first-order chi connectivity index (χ1) is 15.7. The Bertz CT molecular complexity index is 1280. The van der Waals surface area contributed by atoms with Crippen molar-refractivity contribution in [1.29, 1.82) is 0 Å². The minimum atomic E-state index is -0.736. The SMILES string of the molecule is Cc1nc2c(C)cccn2c1C(O)=C1C(=O)C(=O)N(CCCN(C)C)[C@@H]1c1cccc(Cl)c1. The minimum Gasteiger partial charge on any atom is -0.505 e. The number of pyridine rings is 1. The van der Waals surface area contributed by atoms with Crippen molar-refractivity contribution < 1.29 is 14.7 Å². The third-order valence-corrected chi connectivity index (χ3v) is 6.19. The van der Waals surface area contributed by atoms with E-state index in [2.05, 4.69) is 4.98 Å². The van der Waals surface area contributed by atoms with Gasteiger partial charge < -0.3 is 14.9 Å². The Morgan fingerprint density at radius 2 is 1.94 bits per heavy atom. The lowest BCUT2D eigenvalue weighted by Gasteiger charge is -2.26. The van der Waals surface area contributed by atoms with Crippen LogP contribution in [0.4, 0.5) is 0 Å². The van der Waals surface area contributed by atoms with Gasteiger partial charge in [-0.15, -0.1) is 0 Å². The topological polar surface area (TPSA) is 78.1 Å². The number of hydrogen-bond acceptors (Lipinski definition) is 5. The van der Waals surface area contributed by atoms with E-state index in [0.29, 0.717) is 40.6 Å². The van der Waals surface area contributed by atoms with Gasteiger partial charge in [-0.3, -0.25) is 14.0 Å². The predicted octanol–water partition coefficient (Wildman–Crippen LogP) is 3.98. The van der Waals surface area contributed by atoms with Gasteiger partial charge in [0, 0.05) is 17.8 Å². The van der Waals surface area contributed by atoms with Crippen LogP contribution in [0.2, 0.25) is 5.02 Å². The van der Waals surface area contributed by atoms with Gasteiger partial charge in [-0.25, -0.2) is 4.98 Å². The van der Waals surface area contributed by atoms with E-state index in [0.717, 1.165) is 12.1 Å². The molecule has 0 unspecified atom stereocenters. The second-order valence-electron chi connectivity index (χ2n) is 8.63. The normalized spacial score (nSPS) is 18.1. The molecule has 0 radical (unpaired) electrons. The zero-order valence-electron chi connectivity index (χ0n) is 19.2. The molecular weight excluding hydrogens is 440 g/mol. The van der Waals surface area contributed by atoms with E-state index in [4.69, 9.17) is 11.6 Å². The monoisotopic (exact) mass is 466 g/mol. The summed E-state index contributed by atoms with van der Waals surface area (Å²) in [6.07, 6.45) is 2.48. The van der Waals surface area contributed by atoms with Gasteiger partial charge in [0.15, 0.2) is 5.76 Å². The molecule has 3 aromatic rings. The van der Waals surface area contributed by atoms with Gasteiger partial charge >= 0.3 is 0 Å². The fourth-order valence-corrected chi connectivity index (χ4v) is 4.62. The van der Waals surface area contributed by atoms with Crippen LogP contribution in [-0.4, -0.2) is 63.2 Å². The van der Waals surface area contributed by atoms with Crippen molar-refractivity contribution in [3.05, 3.63) is 75.7 Å². The van der Waals surface area contributed by atoms with Crippen LogP contribution < -0.4 is 0 Å². The van der Waals surface area contributed by atoms with Crippen LogP contribution >= 0.6 is 11.6 Å². The molecule has 0 bridgehead atoms. The van der Waals surface area contributed by atoms with Crippen LogP contribution in [0, 0.1) is 13.8 Å². The van der Waals surface area contributed by atoms with Crippen molar-refractivity contribution in [2.24, 2.45) is 0 Å². The lowest BCUT2D eigenvalue weighted by atomic mass is 9.96. The van der Waals surface area contributed by atoms with E-state index in [1.807, 2.05) is 44.1 Å². The summed E-state index contributed by atoms with van der Waals surface area (Å²) in [4.78, 5) is 34.5. The second kappa shape index (κ2) is 9.00. The molecule has 1 fully saturated rings. The second-order valence-corrected chi connectivity index (χ2v) is 9.07. The average Bonchev–Trinajstić information content (AvgIpc) is 3.23. The standard InChI is InChI=1S/C25H27ClN4O3/c1-15-8-6-12-29-20(16(2)27-24(15)29)22(31)19-21(17-9-5-10-18(26)14-17)30(25(33)23(19)32)13-7-11-28(3)4/h5-6,8-10,12,14,21,31H,7,11,13H2,1-4H3/t21-/m1/s1. The number of amides is 1. The summed E-state index contributed by atoms with van der Waals surface area (Å²) >= 11 is 6.25. The number of carbonyl (C=O) groups excluding carboxylic acids is 2. The molecule has 0 saturated carbocycles. The van der Waals surface area contributed by atoms with Gasteiger partial charge in [0.1, 0.15) is 11.3 Å². The summed E-state index contributed by atoms with van der Waals surface area (Å²) in [6.45, 7) is 4.85. The number of benzene rings is 1. The van der Waals surface area contributed by atoms with Crippen LogP contribution in [0.5, 0.6) is 0 Å². The molecule has 1 saturated heterocycles. The molecule has 1 aliphatic heterocycles. The lowest BCUT2D eigenvalue weighted by Crippen LogP contribution is -2.32. The number of aromatic nitrogens is 2. The molecule has 7 nitrogen and oxygen atoms in total. The van der Waals surface area contributed by atoms with Crippen molar-refractivity contribution in [2.75, 3.05) is 27.2 Å². The minimum absolute atomic E-state index is 0.0542. The maximum Gasteiger partial charge on any atom is 0.295 e. The summed E-state index contributed by atoms with van der Waals surface area (Å²) in [7, 11) is 3.91. The maximum atomic E-state index is 13.3. The highest BCUT2D eigenvalue weighted by Gasteiger charge is 2.46. The number of fused-ring (bicyclic) bond motifs is 1. The first-order valence-corrected chi connectivity index (χ1v) is 11.2. The smallest absolute Gasteiger partial charge is 0.295 e. The van der Waals surface area contributed by atoms with E-state index in [9.17, 15) is 14.7 Å². The Morgan fingerprint density at radius 1 is 1.18 bits per heavy atom. The summed E-state index contributed by atoms with van der Waals surface area (Å²) in [5, 5.41) is 12.0. The van der Waals surface area contributed by atoms with Gasteiger partial charge in [-0.05, 0) is 70.2 Å². The van der Waals surface area contributed by atoms with Crippen molar-refractivity contribution in [3.8, 4) is 0 Å². The third kappa shape index (κ3) is 4.14. The van der Waals surface area contributed by atoms with E-state index in [1.165, 1.54) is 4.90 Å². The lowest BCUT2D eigenvalue weighted by molar-refractivity contribution is -0.139. The summed E-state index contributed by atoms with van der Waals surface area (Å²) in [6, 6.07) is 10.1. The highest BCUT2D eigenvalue weighted by molar-refractivity contribution is 6.46. The molecule has 0 spiro atoms. The molecule has 172 valence electrons. The largest absolute Gasteiger partial charge is 0.505 e. The summed E-state index contributed by atoms with van der Waals surface area (Å²) < 4.78 is 1.76. The zero-order chi connectivity index (χ0) is 23.9. The number of imidazole rings is 1. The molecule has 1 aliphatic rings. The molecule has 33 heavy (non-hydrogen) atoms. The molecular formula is C25H27ClN4O3. The van der Waals surface area contributed by atoms with E-state index in [-0.39, 0.29) is 11.3 Å². The Labute approximate surface area is 197 Å². The number of halogens is 1. The molecule has 8 heteroatoms. The van der Waals surface area contributed by atoms with Crippen LogP contribution in [0.25, 0.3) is 11.4 Å². The number of rotatable bonds is 6. The van der Waals surface area contributed by atoms with Crippen LogP contribution in [-0.2, 0) is 9.59 Å². The molecule has 3 heterocycles. The summed E-state index contributed by atoms with van der Waals surface area (Å²) in [5.74, 6) is -1.56. The van der Waals surface area contributed by atoms with Gasteiger partial charge in [0.2, 0.25) is 0 Å². The Balaban J connectivity index is 1.90. The Kier molecular flexibility index (Phi) is 6.28. The van der Waals surface area contributed by atoms with Gasteiger partial charge in [0.25, 0.3) is 11.7 Å². The number of aliphatic hydroxyl groups excluding tert-OH is 1. The number of likely N-dealkylation sites (tertiary alicyclic amines) is 1. The van der Waals surface area contributed by atoms with Crippen LogP contribution in [0.3, 0.4) is 0 Å². The number of Topliss-reactive ketones (excluding diaryl/α,β-unsaturated/α-hetero) is 1. The molecule has 1 atom stereocenters. The average molecular weight is 467 g/mol. The first-order valence-electron chi connectivity index (χ1n) is 10.8. The van der Waals surface area contributed by atoms with E-state index < -0.39 is 17.7 Å². The predicted molar refractivity (Wildman–Crippen MR) is 128 cm³/mol. The van der Waals surface area contributed by atoms with Crippen LogP contribution in [0.1, 0.15) is 35.0 Å². The van der Waals surface area contributed by atoms with E-state index in [1.54, 1.807) is 35.7 Å². The molecule has 0 aliphatic carbocycles. The highest BCUT2D eigenvalue weighted by atomic mass is 35.5. The number of nitrogens with zero attached hydrogens (tertiary/aromatic N) is 4. The van der Waals surface area contributed by atoms with Crippen molar-refractivity contribution in [1.82, 2.24) is 19.2 Å². The van der Waals surface area contributed by atoms with Gasteiger partial charge in [0.05, 0.1) is 17.3 Å². The number of hydrogen-bond donors (Lipinski definition) is 1. The van der Waals surface area contributed by atoms with Gasteiger partial charge in [-0.2, -0.15) is 0 Å². The number of carbonyl (C=O) groups is 2. The van der Waals surface area contributed by atoms with Crippen LogP contribution in [0.15, 0.2) is 48.2 Å². The Morgan fingerprint density at radius 3 is 2.64 bits per heavy atom. The molecule has 4 rings (SSSR count). The highest BCUT2D eigenvalue weighted by Crippen LogP contribution is 2.40. The number of aryl methyl sites for hydroxylation is 2. The third-order valence-electron chi connectivity index (χ3n) is 5.95. The zero-order valence-corrected chi connectivity index (χ0v) is 19.9. The van der Waals surface area contributed by atoms with Gasteiger partial charge in [-0.1, -0.05) is 29.8 Å². The summed E-state index contributed by atoms with van der Waals surface area (Å²) in [5.41, 5.74) is 3.35. The van der Waals surface area contributed by atoms with E-state index >= 15 is 0 Å². The van der Waals surface area contributed by atoms with Crippen molar-refractivity contribution in [3.63, 3.8) is 0 Å². The quantitative estimate of drug-likeness (QED) is 0.338. The molecule has 2 aromatic heterocycles. The van der Waals surface area contributed by atoms with Crippen molar-refractivity contribution >= 4 is 34.7 Å². The Hall–Kier alpha value is -3.16. The molecule has 1 amide bonds. The number of ketones is 1. The maximum absolute atomic E-state index is 13.3. The number of aliphatic hydroxyl groups is 1. The molecule has 1 N–H and O–H groups in total.